The number of fused-ring (bicyclic) bond motifs is 1. The molecule has 168 valence electrons. The van der Waals surface area contributed by atoms with Crippen LogP contribution >= 0.6 is 0 Å². The molecular weight excluding hydrogens is 417 g/mol. The highest BCUT2D eigenvalue weighted by molar-refractivity contribution is 5.80. The normalized spacial score (nSPS) is 23.7. The van der Waals surface area contributed by atoms with Crippen molar-refractivity contribution in [1.82, 2.24) is 9.63 Å². The number of hydrogen-bond donors (Lipinski definition) is 0. The summed E-state index contributed by atoms with van der Waals surface area (Å²) in [6.07, 6.45) is 5.82. The largest absolute Gasteiger partial charge is 0.347 e. The molecule has 3 aromatic rings. The lowest BCUT2D eigenvalue weighted by atomic mass is 9.81. The van der Waals surface area contributed by atoms with E-state index in [1.54, 1.807) is 12.1 Å². The Morgan fingerprint density at radius 2 is 1.66 bits per heavy atom. The average Bonchev–Trinajstić information content (AvgIpc) is 3.40. The number of carbonyl (C=O) groups excluding carboxylic acids is 1. The summed E-state index contributed by atoms with van der Waals surface area (Å²) in [6, 6.07) is 9.66. The summed E-state index contributed by atoms with van der Waals surface area (Å²) in [5.74, 6) is -1.36. The zero-order valence-corrected chi connectivity index (χ0v) is 17.6. The van der Waals surface area contributed by atoms with Crippen molar-refractivity contribution in [2.45, 2.75) is 44.7 Å². The third kappa shape index (κ3) is 4.13. The lowest BCUT2D eigenvalue weighted by Gasteiger charge is -2.32. The Morgan fingerprint density at radius 3 is 2.41 bits per heavy atom. The fourth-order valence-corrected chi connectivity index (χ4v) is 5.14. The maximum Gasteiger partial charge on any atom is 0.249 e. The van der Waals surface area contributed by atoms with Crippen LogP contribution < -0.4 is 0 Å². The van der Waals surface area contributed by atoms with Crippen LogP contribution in [-0.2, 0) is 16.2 Å². The van der Waals surface area contributed by atoms with Crippen LogP contribution in [-0.4, -0.2) is 22.1 Å². The van der Waals surface area contributed by atoms with Gasteiger partial charge in [-0.15, -0.1) is 0 Å². The first-order chi connectivity index (χ1) is 15.5. The van der Waals surface area contributed by atoms with Crippen LogP contribution in [0.3, 0.4) is 0 Å². The van der Waals surface area contributed by atoms with E-state index in [-0.39, 0.29) is 17.6 Å². The van der Waals surface area contributed by atoms with Crippen molar-refractivity contribution >= 4 is 16.8 Å². The summed E-state index contributed by atoms with van der Waals surface area (Å²) in [6.45, 7) is 1.19. The van der Waals surface area contributed by atoms with Crippen LogP contribution in [0.15, 0.2) is 48.7 Å². The zero-order valence-electron chi connectivity index (χ0n) is 17.6. The molecule has 1 amide bonds. The predicted octanol–water partition coefficient (Wildman–Crippen LogP) is 5.77. The molecule has 0 radical (unpaired) electrons. The van der Waals surface area contributed by atoms with Crippen LogP contribution in [0.2, 0.25) is 0 Å². The van der Waals surface area contributed by atoms with E-state index >= 15 is 0 Å². The molecule has 7 heteroatoms. The first kappa shape index (κ1) is 21.1. The predicted molar refractivity (Wildman–Crippen MR) is 114 cm³/mol. The second-order valence-corrected chi connectivity index (χ2v) is 8.89. The maximum absolute atomic E-state index is 13.7. The van der Waals surface area contributed by atoms with E-state index in [4.69, 9.17) is 4.84 Å². The van der Waals surface area contributed by atoms with Gasteiger partial charge in [-0.2, -0.15) is 0 Å². The minimum absolute atomic E-state index is 0.0995. The van der Waals surface area contributed by atoms with Crippen LogP contribution in [0, 0.1) is 29.3 Å². The van der Waals surface area contributed by atoms with Gasteiger partial charge in [0.15, 0.2) is 0 Å². The zero-order chi connectivity index (χ0) is 22.2. The Labute approximate surface area is 184 Å². The van der Waals surface area contributed by atoms with Gasteiger partial charge in [-0.05, 0) is 73.6 Å². The quantitative estimate of drug-likeness (QED) is 0.514. The van der Waals surface area contributed by atoms with E-state index in [1.165, 1.54) is 23.3 Å². The summed E-state index contributed by atoms with van der Waals surface area (Å²) in [5.41, 5.74) is 1.44. The smallest absolute Gasteiger partial charge is 0.249 e. The third-order valence-corrected chi connectivity index (χ3v) is 6.78. The number of benzene rings is 2. The SMILES string of the molecule is O=C([C@H]1CC[C@H](Cn2ccc3cc(F)ccc32)CC1)N1OCC[C@H]1c1cc(F)cc(F)c1. The summed E-state index contributed by atoms with van der Waals surface area (Å²) < 4.78 is 42.9. The van der Waals surface area contributed by atoms with Crippen LogP contribution in [0.4, 0.5) is 13.2 Å². The van der Waals surface area contributed by atoms with Gasteiger partial charge in [-0.1, -0.05) is 0 Å². The minimum atomic E-state index is -0.653. The van der Waals surface area contributed by atoms with Crippen LogP contribution in [0.5, 0.6) is 0 Å². The van der Waals surface area contributed by atoms with Gasteiger partial charge in [0, 0.05) is 42.0 Å². The van der Waals surface area contributed by atoms with Crippen LogP contribution in [0.25, 0.3) is 10.9 Å². The Kier molecular flexibility index (Phi) is 5.67. The van der Waals surface area contributed by atoms with Gasteiger partial charge >= 0.3 is 0 Å². The second kappa shape index (κ2) is 8.62. The van der Waals surface area contributed by atoms with Gasteiger partial charge in [0.25, 0.3) is 0 Å². The first-order valence-corrected chi connectivity index (χ1v) is 11.1. The van der Waals surface area contributed by atoms with Crippen molar-refractivity contribution in [2.75, 3.05) is 6.61 Å². The van der Waals surface area contributed by atoms with Crippen molar-refractivity contribution in [1.29, 1.82) is 0 Å². The van der Waals surface area contributed by atoms with Crippen molar-refractivity contribution in [2.24, 2.45) is 11.8 Å². The van der Waals surface area contributed by atoms with Crippen molar-refractivity contribution < 1.29 is 22.8 Å². The second-order valence-electron chi connectivity index (χ2n) is 8.89. The Balaban J connectivity index is 1.22. The number of hydrogen-bond acceptors (Lipinski definition) is 2. The molecule has 1 aromatic heterocycles. The average molecular weight is 442 g/mol. The molecule has 4 nitrogen and oxygen atoms in total. The molecule has 0 spiro atoms. The van der Waals surface area contributed by atoms with Gasteiger partial charge in [0.2, 0.25) is 5.91 Å². The standard InChI is InChI=1S/C25H25F3N2O2/c26-20-5-6-23-18(11-20)7-9-29(23)15-16-1-3-17(4-2-16)25(31)30-24(8-10-32-30)19-12-21(27)14-22(28)13-19/h5-7,9,11-14,16-17,24H,1-4,8,10,15H2/t16-,17-,24-/m0/s1. The topological polar surface area (TPSA) is 34.5 Å². The highest BCUT2D eigenvalue weighted by Crippen LogP contribution is 2.37. The Morgan fingerprint density at radius 1 is 0.906 bits per heavy atom. The monoisotopic (exact) mass is 442 g/mol. The highest BCUT2D eigenvalue weighted by atomic mass is 19.1. The van der Waals surface area contributed by atoms with E-state index in [9.17, 15) is 18.0 Å². The molecule has 2 heterocycles. The molecule has 0 unspecified atom stereocenters. The maximum atomic E-state index is 13.7. The molecule has 1 aliphatic heterocycles. The van der Waals surface area contributed by atoms with Crippen molar-refractivity contribution in [3.8, 4) is 0 Å². The summed E-state index contributed by atoms with van der Waals surface area (Å²) in [7, 11) is 0. The van der Waals surface area contributed by atoms with Gasteiger partial charge < -0.3 is 4.57 Å². The van der Waals surface area contributed by atoms with Gasteiger partial charge in [-0.25, -0.2) is 18.2 Å². The van der Waals surface area contributed by atoms with Crippen LogP contribution in [0.1, 0.15) is 43.7 Å². The van der Waals surface area contributed by atoms with Crippen molar-refractivity contribution in [3.63, 3.8) is 0 Å². The molecule has 2 aromatic carbocycles. The molecule has 2 fully saturated rings. The number of hydroxylamine groups is 2. The molecule has 5 rings (SSSR count). The summed E-state index contributed by atoms with van der Waals surface area (Å²) >= 11 is 0. The molecule has 1 saturated carbocycles. The van der Waals surface area contributed by atoms with E-state index in [2.05, 4.69) is 4.57 Å². The summed E-state index contributed by atoms with van der Waals surface area (Å²) in [4.78, 5) is 18.7. The molecule has 0 N–H and O–H groups in total. The van der Waals surface area contributed by atoms with Gasteiger partial charge in [0.1, 0.15) is 17.5 Å². The molecular formula is C25H25F3N2O2. The Hall–Kier alpha value is -2.80. The molecule has 32 heavy (non-hydrogen) atoms. The van der Waals surface area contributed by atoms with E-state index < -0.39 is 17.7 Å². The number of nitrogens with zero attached hydrogens (tertiary/aromatic N) is 2. The number of amides is 1. The fraction of sp³-hybridized carbons (Fsp3) is 0.400. The minimum Gasteiger partial charge on any atom is -0.347 e. The van der Waals surface area contributed by atoms with Gasteiger partial charge in [-0.3, -0.25) is 9.63 Å². The highest BCUT2D eigenvalue weighted by Gasteiger charge is 2.37. The number of halogens is 3. The fourth-order valence-electron chi connectivity index (χ4n) is 5.14. The molecule has 2 aliphatic rings. The lowest BCUT2D eigenvalue weighted by molar-refractivity contribution is -0.183. The lowest BCUT2D eigenvalue weighted by Crippen LogP contribution is -2.37. The number of rotatable bonds is 4. The third-order valence-electron chi connectivity index (χ3n) is 6.78. The molecule has 1 saturated heterocycles. The molecule has 1 aliphatic carbocycles. The van der Waals surface area contributed by atoms with E-state index in [1.807, 2.05) is 12.3 Å². The van der Waals surface area contributed by atoms with Crippen molar-refractivity contribution in [3.05, 3.63) is 71.7 Å². The van der Waals surface area contributed by atoms with Gasteiger partial charge in [0.05, 0.1) is 12.6 Å². The first-order valence-electron chi connectivity index (χ1n) is 11.1. The molecule has 0 bridgehead atoms. The van der Waals surface area contributed by atoms with E-state index in [0.29, 0.717) is 24.5 Å². The summed E-state index contributed by atoms with van der Waals surface area (Å²) in [5, 5.41) is 2.23. The van der Waals surface area contributed by atoms with E-state index in [0.717, 1.165) is 49.2 Å². The number of aromatic nitrogens is 1. The molecule has 1 atom stereocenters. The number of carbonyl (C=O) groups is 1. The Bertz CT molecular complexity index is 1120.